The predicted octanol–water partition coefficient (Wildman–Crippen LogP) is 3.45. The van der Waals surface area contributed by atoms with E-state index < -0.39 is 0 Å². The summed E-state index contributed by atoms with van der Waals surface area (Å²) in [4.78, 5) is 0. The van der Waals surface area contributed by atoms with Gasteiger partial charge >= 0.3 is 0 Å². The summed E-state index contributed by atoms with van der Waals surface area (Å²) in [6, 6.07) is 0. The predicted molar refractivity (Wildman–Crippen MR) is 63.4 cm³/mol. The third kappa shape index (κ3) is 2.98. The fraction of sp³-hybridized carbons (Fsp3) is 1.00. The van der Waals surface area contributed by atoms with Crippen molar-refractivity contribution in [3.05, 3.63) is 0 Å². The van der Waals surface area contributed by atoms with Gasteiger partial charge in [-0.3, -0.25) is 0 Å². The molecule has 1 saturated carbocycles. The minimum atomic E-state index is 0.726. The summed E-state index contributed by atoms with van der Waals surface area (Å²) in [5.41, 5.74) is 0.726. The standard InChI is InChI=1S/C13H27N/c1-5-13(6-2)7-12(8-13)10-14-9-11(3)4/h11-12,14H,5-10H2,1-4H3. The van der Waals surface area contributed by atoms with Crippen LogP contribution in [0.3, 0.4) is 0 Å². The summed E-state index contributed by atoms with van der Waals surface area (Å²) in [7, 11) is 0. The van der Waals surface area contributed by atoms with Crippen LogP contribution in [-0.2, 0) is 0 Å². The molecule has 0 aromatic rings. The average Bonchev–Trinajstić information content (AvgIpc) is 2.09. The van der Waals surface area contributed by atoms with Crippen LogP contribution < -0.4 is 5.32 Å². The van der Waals surface area contributed by atoms with Gasteiger partial charge in [-0.25, -0.2) is 0 Å². The van der Waals surface area contributed by atoms with Crippen molar-refractivity contribution >= 4 is 0 Å². The van der Waals surface area contributed by atoms with E-state index in [0.29, 0.717) is 0 Å². The normalized spacial score (nSPS) is 21.2. The van der Waals surface area contributed by atoms with Crippen molar-refractivity contribution in [1.29, 1.82) is 0 Å². The maximum atomic E-state index is 3.57. The molecule has 0 aliphatic heterocycles. The zero-order valence-corrected chi connectivity index (χ0v) is 10.4. The van der Waals surface area contributed by atoms with Gasteiger partial charge in [0.25, 0.3) is 0 Å². The summed E-state index contributed by atoms with van der Waals surface area (Å²) in [6.45, 7) is 11.7. The highest BCUT2D eigenvalue weighted by atomic mass is 14.9. The molecule has 0 radical (unpaired) electrons. The van der Waals surface area contributed by atoms with E-state index in [0.717, 1.165) is 17.3 Å². The molecule has 1 fully saturated rings. The molecule has 0 atom stereocenters. The van der Waals surface area contributed by atoms with Crippen LogP contribution in [0.1, 0.15) is 53.4 Å². The van der Waals surface area contributed by atoms with Gasteiger partial charge in [-0.1, -0.05) is 40.5 Å². The highest BCUT2D eigenvalue weighted by molar-refractivity contribution is 4.92. The third-order valence-electron chi connectivity index (χ3n) is 3.93. The van der Waals surface area contributed by atoms with E-state index in [4.69, 9.17) is 0 Å². The molecule has 0 bridgehead atoms. The average molecular weight is 197 g/mol. The van der Waals surface area contributed by atoms with E-state index in [1.165, 1.54) is 38.8 Å². The second kappa shape index (κ2) is 5.16. The van der Waals surface area contributed by atoms with Crippen molar-refractivity contribution in [2.24, 2.45) is 17.3 Å². The summed E-state index contributed by atoms with van der Waals surface area (Å²) >= 11 is 0. The van der Waals surface area contributed by atoms with Crippen molar-refractivity contribution in [2.45, 2.75) is 53.4 Å². The van der Waals surface area contributed by atoms with Crippen LogP contribution in [0.4, 0.5) is 0 Å². The number of rotatable bonds is 6. The zero-order valence-electron chi connectivity index (χ0n) is 10.4. The van der Waals surface area contributed by atoms with Gasteiger partial charge in [0.15, 0.2) is 0 Å². The Morgan fingerprint density at radius 3 is 2.21 bits per heavy atom. The number of nitrogens with one attached hydrogen (secondary N) is 1. The van der Waals surface area contributed by atoms with Gasteiger partial charge in [-0.2, -0.15) is 0 Å². The fourth-order valence-corrected chi connectivity index (χ4v) is 2.71. The van der Waals surface area contributed by atoms with Crippen LogP contribution >= 0.6 is 0 Å². The monoisotopic (exact) mass is 197 g/mol. The molecular formula is C13H27N. The van der Waals surface area contributed by atoms with Gasteiger partial charge in [0.1, 0.15) is 0 Å². The molecular weight excluding hydrogens is 170 g/mol. The molecule has 1 heteroatoms. The van der Waals surface area contributed by atoms with Crippen LogP contribution in [0.15, 0.2) is 0 Å². The summed E-state index contributed by atoms with van der Waals surface area (Å²) in [5.74, 6) is 1.76. The largest absolute Gasteiger partial charge is 0.316 e. The molecule has 1 aliphatic carbocycles. The van der Waals surface area contributed by atoms with Crippen molar-refractivity contribution < 1.29 is 0 Å². The molecule has 1 N–H and O–H groups in total. The molecule has 1 aliphatic rings. The minimum absolute atomic E-state index is 0.726. The summed E-state index contributed by atoms with van der Waals surface area (Å²) in [6.07, 6.45) is 5.69. The Bertz CT molecular complexity index is 151. The van der Waals surface area contributed by atoms with Crippen LogP contribution in [0.5, 0.6) is 0 Å². The lowest BCUT2D eigenvalue weighted by Gasteiger charge is -2.47. The lowest BCUT2D eigenvalue weighted by molar-refractivity contribution is 0.0454. The molecule has 0 amide bonds. The molecule has 0 saturated heterocycles. The first-order valence-electron chi connectivity index (χ1n) is 6.32. The van der Waals surface area contributed by atoms with Crippen LogP contribution in [-0.4, -0.2) is 13.1 Å². The smallest absolute Gasteiger partial charge is 0.00200 e. The first-order valence-corrected chi connectivity index (χ1v) is 6.32. The molecule has 0 spiro atoms. The van der Waals surface area contributed by atoms with E-state index in [2.05, 4.69) is 33.0 Å². The van der Waals surface area contributed by atoms with Crippen LogP contribution in [0.25, 0.3) is 0 Å². The van der Waals surface area contributed by atoms with Crippen molar-refractivity contribution in [3.63, 3.8) is 0 Å². The lowest BCUT2D eigenvalue weighted by atomic mass is 9.59. The molecule has 14 heavy (non-hydrogen) atoms. The molecule has 0 aromatic carbocycles. The van der Waals surface area contributed by atoms with E-state index in [1.54, 1.807) is 0 Å². The molecule has 0 aromatic heterocycles. The number of hydrogen-bond donors (Lipinski definition) is 1. The first-order chi connectivity index (χ1) is 6.62. The molecule has 0 heterocycles. The topological polar surface area (TPSA) is 12.0 Å². The van der Waals surface area contributed by atoms with Gasteiger partial charge in [-0.05, 0) is 43.2 Å². The van der Waals surface area contributed by atoms with E-state index >= 15 is 0 Å². The lowest BCUT2D eigenvalue weighted by Crippen LogP contribution is -2.41. The summed E-state index contributed by atoms with van der Waals surface area (Å²) in [5, 5.41) is 3.57. The van der Waals surface area contributed by atoms with Gasteiger partial charge in [0, 0.05) is 0 Å². The van der Waals surface area contributed by atoms with Crippen molar-refractivity contribution in [2.75, 3.05) is 13.1 Å². The van der Waals surface area contributed by atoms with E-state index in [-0.39, 0.29) is 0 Å². The van der Waals surface area contributed by atoms with Crippen molar-refractivity contribution in [3.8, 4) is 0 Å². The van der Waals surface area contributed by atoms with Gasteiger partial charge < -0.3 is 5.32 Å². The second-order valence-electron chi connectivity index (χ2n) is 5.53. The molecule has 1 rings (SSSR count). The third-order valence-corrected chi connectivity index (χ3v) is 3.93. The van der Waals surface area contributed by atoms with Gasteiger partial charge in [-0.15, -0.1) is 0 Å². The Balaban J connectivity index is 2.09. The molecule has 0 unspecified atom stereocenters. The van der Waals surface area contributed by atoms with Gasteiger partial charge in [0.2, 0.25) is 0 Å². The first kappa shape index (κ1) is 12.0. The highest BCUT2D eigenvalue weighted by Gasteiger charge is 2.40. The summed E-state index contributed by atoms with van der Waals surface area (Å²) < 4.78 is 0. The van der Waals surface area contributed by atoms with Crippen LogP contribution in [0.2, 0.25) is 0 Å². The second-order valence-corrected chi connectivity index (χ2v) is 5.53. The van der Waals surface area contributed by atoms with E-state index in [9.17, 15) is 0 Å². The Kier molecular flexibility index (Phi) is 4.43. The molecule has 84 valence electrons. The maximum Gasteiger partial charge on any atom is -0.00200 e. The Labute approximate surface area is 89.7 Å². The van der Waals surface area contributed by atoms with Gasteiger partial charge in [0.05, 0.1) is 0 Å². The minimum Gasteiger partial charge on any atom is -0.316 e. The van der Waals surface area contributed by atoms with Crippen molar-refractivity contribution in [1.82, 2.24) is 5.32 Å². The molecule has 1 nitrogen and oxygen atoms in total. The quantitative estimate of drug-likeness (QED) is 0.687. The Hall–Kier alpha value is -0.0400. The van der Waals surface area contributed by atoms with E-state index in [1.807, 2.05) is 0 Å². The SMILES string of the molecule is CCC1(CC)CC(CNCC(C)C)C1. The van der Waals surface area contributed by atoms with Crippen LogP contribution in [0, 0.1) is 17.3 Å². The Morgan fingerprint density at radius 1 is 1.21 bits per heavy atom. The fourth-order valence-electron chi connectivity index (χ4n) is 2.71. The Morgan fingerprint density at radius 2 is 1.79 bits per heavy atom. The maximum absolute atomic E-state index is 3.57. The zero-order chi connectivity index (χ0) is 10.6. The highest BCUT2D eigenvalue weighted by Crippen LogP contribution is 2.50. The number of hydrogen-bond acceptors (Lipinski definition) is 1.